The van der Waals surface area contributed by atoms with Crippen molar-refractivity contribution in [3.05, 3.63) is 10.6 Å². The van der Waals surface area contributed by atoms with E-state index in [2.05, 4.69) is 31.0 Å². The molecule has 0 spiro atoms. The lowest BCUT2D eigenvalue weighted by molar-refractivity contribution is 0.181. The summed E-state index contributed by atoms with van der Waals surface area (Å²) in [5.41, 5.74) is 1.10. The Morgan fingerprint density at radius 1 is 1.48 bits per heavy atom. The van der Waals surface area contributed by atoms with Crippen LogP contribution in [0.4, 0.5) is 5.13 Å². The second kappa shape index (κ2) is 8.36. The van der Waals surface area contributed by atoms with Gasteiger partial charge in [-0.2, -0.15) is 11.8 Å². The maximum atomic E-state index is 5.32. The fourth-order valence-electron chi connectivity index (χ4n) is 2.37. The largest absolute Gasteiger partial charge is 0.378 e. The lowest BCUT2D eigenvalue weighted by atomic mass is 10.2. The maximum Gasteiger partial charge on any atom is 0.186 e. The highest BCUT2D eigenvalue weighted by Gasteiger charge is 2.23. The van der Waals surface area contributed by atoms with Gasteiger partial charge in [-0.15, -0.1) is 11.3 Å². The molecule has 2 rings (SSSR count). The van der Waals surface area contributed by atoms with Crippen LogP contribution in [0.5, 0.6) is 0 Å². The zero-order valence-electron chi connectivity index (χ0n) is 13.5. The van der Waals surface area contributed by atoms with Gasteiger partial charge in [-0.25, -0.2) is 4.98 Å². The molecule has 1 aromatic heterocycles. The highest BCUT2D eigenvalue weighted by molar-refractivity contribution is 7.99. The fourth-order valence-corrected chi connectivity index (χ4v) is 4.54. The van der Waals surface area contributed by atoms with Gasteiger partial charge in [0.05, 0.1) is 12.3 Å². The minimum atomic E-state index is 0.571. The first-order valence-electron chi connectivity index (χ1n) is 7.64. The molecule has 1 N–H and O–H groups in total. The molecule has 1 fully saturated rings. The summed E-state index contributed by atoms with van der Waals surface area (Å²) < 4.78 is 5.32. The normalized spacial score (nSPS) is 19.5. The lowest BCUT2D eigenvalue weighted by Crippen LogP contribution is -2.40. The van der Waals surface area contributed by atoms with E-state index in [-0.39, 0.29) is 0 Å². The predicted octanol–water partition coefficient (Wildman–Crippen LogP) is 2.98. The van der Waals surface area contributed by atoms with Gasteiger partial charge in [-0.3, -0.25) is 0 Å². The van der Waals surface area contributed by atoms with Gasteiger partial charge >= 0.3 is 0 Å². The molecule has 6 heteroatoms. The van der Waals surface area contributed by atoms with Crippen LogP contribution in [-0.4, -0.2) is 42.7 Å². The van der Waals surface area contributed by atoms with Crippen molar-refractivity contribution in [3.63, 3.8) is 0 Å². The van der Waals surface area contributed by atoms with Crippen LogP contribution in [0.15, 0.2) is 0 Å². The van der Waals surface area contributed by atoms with E-state index in [4.69, 9.17) is 9.72 Å². The SMILES string of the molecule is COCc1nc(N2CCSCC2C)sc1CNCC(C)C. The summed E-state index contributed by atoms with van der Waals surface area (Å²) in [6, 6.07) is 0.571. The Hall–Kier alpha value is -0.300. The molecule has 2 heterocycles. The minimum Gasteiger partial charge on any atom is -0.378 e. The highest BCUT2D eigenvalue weighted by Crippen LogP contribution is 2.31. The first-order valence-corrected chi connectivity index (χ1v) is 9.61. The Morgan fingerprint density at radius 3 is 2.95 bits per heavy atom. The van der Waals surface area contributed by atoms with Gasteiger partial charge in [0.2, 0.25) is 0 Å². The highest BCUT2D eigenvalue weighted by atomic mass is 32.2. The standard InChI is InChI=1S/C15H27N3OS2/c1-11(2)7-16-8-14-13(9-19-4)17-15(21-14)18-5-6-20-10-12(18)3/h11-12,16H,5-10H2,1-4H3. The van der Waals surface area contributed by atoms with E-state index >= 15 is 0 Å². The summed E-state index contributed by atoms with van der Waals surface area (Å²) in [5.74, 6) is 3.06. The number of methoxy groups -OCH3 is 1. The Bertz CT molecular complexity index is 437. The molecule has 1 aliphatic rings. The van der Waals surface area contributed by atoms with Crippen molar-refractivity contribution in [2.24, 2.45) is 5.92 Å². The van der Waals surface area contributed by atoms with Gasteiger partial charge in [0.15, 0.2) is 5.13 Å². The summed E-state index contributed by atoms with van der Waals surface area (Å²) >= 11 is 3.86. The molecule has 1 saturated heterocycles. The van der Waals surface area contributed by atoms with Gasteiger partial charge < -0.3 is 15.0 Å². The molecule has 120 valence electrons. The van der Waals surface area contributed by atoms with Crippen molar-refractivity contribution in [3.8, 4) is 0 Å². The van der Waals surface area contributed by atoms with Crippen molar-refractivity contribution in [2.45, 2.75) is 40.0 Å². The average molecular weight is 330 g/mol. The quantitative estimate of drug-likeness (QED) is 0.832. The second-order valence-electron chi connectivity index (χ2n) is 5.94. The Balaban J connectivity index is 2.08. The number of hydrogen-bond donors (Lipinski definition) is 1. The molecule has 4 nitrogen and oxygen atoms in total. The first-order chi connectivity index (χ1) is 10.1. The van der Waals surface area contributed by atoms with E-state index < -0.39 is 0 Å². The van der Waals surface area contributed by atoms with E-state index in [0.717, 1.165) is 30.5 Å². The molecule has 21 heavy (non-hydrogen) atoms. The smallest absolute Gasteiger partial charge is 0.186 e. The van der Waals surface area contributed by atoms with Crippen molar-refractivity contribution < 1.29 is 4.74 Å². The molecule has 1 aromatic rings. The van der Waals surface area contributed by atoms with Gasteiger partial charge in [0, 0.05) is 42.6 Å². The number of ether oxygens (including phenoxy) is 1. The molecular weight excluding hydrogens is 302 g/mol. The number of thioether (sulfide) groups is 1. The Morgan fingerprint density at radius 2 is 2.29 bits per heavy atom. The van der Waals surface area contributed by atoms with Gasteiger partial charge in [-0.1, -0.05) is 13.8 Å². The second-order valence-corrected chi connectivity index (χ2v) is 8.15. The molecule has 0 bridgehead atoms. The number of anilines is 1. The zero-order valence-corrected chi connectivity index (χ0v) is 15.1. The monoisotopic (exact) mass is 329 g/mol. The minimum absolute atomic E-state index is 0.571. The number of aromatic nitrogens is 1. The van der Waals surface area contributed by atoms with Crippen molar-refractivity contribution in [1.82, 2.24) is 10.3 Å². The predicted molar refractivity (Wildman–Crippen MR) is 93.5 cm³/mol. The Labute approximate surface area is 136 Å². The number of thiazole rings is 1. The van der Waals surface area contributed by atoms with Crippen molar-refractivity contribution in [2.75, 3.05) is 36.6 Å². The third-order valence-corrected chi connectivity index (χ3v) is 5.82. The van der Waals surface area contributed by atoms with Gasteiger partial charge in [0.25, 0.3) is 0 Å². The fraction of sp³-hybridized carbons (Fsp3) is 0.800. The molecule has 1 atom stereocenters. The zero-order chi connectivity index (χ0) is 15.2. The molecule has 1 unspecified atom stereocenters. The van der Waals surface area contributed by atoms with Crippen molar-refractivity contribution >= 4 is 28.2 Å². The maximum absolute atomic E-state index is 5.32. The van der Waals surface area contributed by atoms with Crippen LogP contribution >= 0.6 is 23.1 Å². The summed E-state index contributed by atoms with van der Waals surface area (Å²) in [7, 11) is 1.74. The van der Waals surface area contributed by atoms with Gasteiger partial charge in [0.1, 0.15) is 0 Å². The van der Waals surface area contributed by atoms with Crippen LogP contribution in [0, 0.1) is 5.92 Å². The van der Waals surface area contributed by atoms with E-state index in [9.17, 15) is 0 Å². The molecule has 0 radical (unpaired) electrons. The van der Waals surface area contributed by atoms with E-state index in [1.54, 1.807) is 7.11 Å². The van der Waals surface area contributed by atoms with Crippen LogP contribution in [0.3, 0.4) is 0 Å². The first kappa shape index (κ1) is 17.1. The number of rotatable bonds is 7. The van der Waals surface area contributed by atoms with Gasteiger partial charge in [-0.05, 0) is 19.4 Å². The number of nitrogens with zero attached hydrogens (tertiary/aromatic N) is 2. The van der Waals surface area contributed by atoms with Crippen LogP contribution in [0.1, 0.15) is 31.3 Å². The van der Waals surface area contributed by atoms with E-state index in [1.165, 1.54) is 16.4 Å². The summed E-state index contributed by atoms with van der Waals surface area (Å²) in [5, 5.41) is 4.68. The summed E-state index contributed by atoms with van der Waals surface area (Å²) in [6.07, 6.45) is 0. The molecule has 0 amide bonds. The summed E-state index contributed by atoms with van der Waals surface area (Å²) in [4.78, 5) is 8.61. The lowest BCUT2D eigenvalue weighted by Gasteiger charge is -2.32. The van der Waals surface area contributed by atoms with Crippen LogP contribution in [0.2, 0.25) is 0 Å². The van der Waals surface area contributed by atoms with Crippen LogP contribution < -0.4 is 10.2 Å². The summed E-state index contributed by atoms with van der Waals surface area (Å²) in [6.45, 7) is 10.4. The topological polar surface area (TPSA) is 37.4 Å². The third-order valence-electron chi connectivity index (χ3n) is 3.50. The van der Waals surface area contributed by atoms with E-state index in [0.29, 0.717) is 18.6 Å². The molecule has 1 aliphatic heterocycles. The Kier molecular flexibility index (Phi) is 6.79. The number of nitrogens with one attached hydrogen (secondary N) is 1. The third kappa shape index (κ3) is 4.84. The van der Waals surface area contributed by atoms with Crippen LogP contribution in [0.25, 0.3) is 0 Å². The number of hydrogen-bond acceptors (Lipinski definition) is 6. The molecule has 0 aromatic carbocycles. The molecular formula is C15H27N3OS2. The molecule has 0 aliphatic carbocycles. The average Bonchev–Trinajstić information content (AvgIpc) is 2.82. The van der Waals surface area contributed by atoms with Crippen molar-refractivity contribution in [1.29, 1.82) is 0 Å². The molecule has 0 saturated carbocycles. The van der Waals surface area contributed by atoms with Crippen LogP contribution in [-0.2, 0) is 17.9 Å². The van der Waals surface area contributed by atoms with E-state index in [1.807, 2.05) is 23.1 Å².